The Balaban J connectivity index is 1.93. The van der Waals surface area contributed by atoms with Gasteiger partial charge in [0.2, 0.25) is 0 Å². The number of aryl methyl sites for hydroxylation is 1. The molecule has 1 heterocycles. The van der Waals surface area contributed by atoms with Gasteiger partial charge in [0.05, 0.1) is 5.69 Å². The van der Waals surface area contributed by atoms with Gasteiger partial charge in [0.15, 0.2) is 0 Å². The molecule has 0 atom stereocenters. The van der Waals surface area contributed by atoms with Crippen molar-refractivity contribution in [3.63, 3.8) is 0 Å². The van der Waals surface area contributed by atoms with E-state index >= 15 is 0 Å². The number of para-hydroxylation sites is 1. The molecule has 0 radical (unpaired) electrons. The van der Waals surface area contributed by atoms with Gasteiger partial charge in [0, 0.05) is 17.4 Å². The summed E-state index contributed by atoms with van der Waals surface area (Å²) >= 11 is 0. The molecular weight excluding hydrogens is 294 g/mol. The molecule has 0 aliphatic carbocycles. The second-order valence-corrected chi connectivity index (χ2v) is 6.11. The van der Waals surface area contributed by atoms with Crippen LogP contribution in [0.4, 0.5) is 0 Å². The highest BCUT2D eigenvalue weighted by molar-refractivity contribution is 5.91. The van der Waals surface area contributed by atoms with Gasteiger partial charge in [-0.2, -0.15) is 0 Å². The number of fused-ring (bicyclic) bond motifs is 1. The molecule has 0 saturated heterocycles. The quantitative estimate of drug-likeness (QED) is 0.540. The first kappa shape index (κ1) is 14.6. The van der Waals surface area contributed by atoms with Crippen LogP contribution in [0.15, 0.2) is 78.9 Å². The van der Waals surface area contributed by atoms with E-state index in [9.17, 15) is 5.11 Å². The van der Waals surface area contributed by atoms with Crippen molar-refractivity contribution in [3.8, 4) is 17.0 Å². The normalized spacial score (nSPS) is 11.0. The van der Waals surface area contributed by atoms with Crippen molar-refractivity contribution in [1.29, 1.82) is 0 Å². The predicted molar refractivity (Wildman–Crippen MR) is 99.3 cm³/mol. The van der Waals surface area contributed by atoms with Crippen molar-refractivity contribution in [2.75, 3.05) is 0 Å². The van der Waals surface area contributed by atoms with Crippen LogP contribution in [0.1, 0.15) is 11.1 Å². The SMILES string of the molecule is Cc1c(-c2ccccc2)n(Cc2ccc(O)cc2)c2ccccc12. The van der Waals surface area contributed by atoms with Gasteiger partial charge < -0.3 is 9.67 Å². The van der Waals surface area contributed by atoms with Gasteiger partial charge in [-0.05, 0) is 41.8 Å². The molecule has 118 valence electrons. The third-order valence-electron chi connectivity index (χ3n) is 4.55. The molecule has 1 N–H and O–H groups in total. The maximum atomic E-state index is 9.52. The third-order valence-corrected chi connectivity index (χ3v) is 4.55. The second-order valence-electron chi connectivity index (χ2n) is 6.11. The fourth-order valence-corrected chi connectivity index (χ4v) is 3.39. The first-order valence-corrected chi connectivity index (χ1v) is 8.15. The molecule has 4 aromatic rings. The molecule has 2 nitrogen and oxygen atoms in total. The molecule has 0 spiro atoms. The number of hydrogen-bond donors (Lipinski definition) is 1. The first-order valence-electron chi connectivity index (χ1n) is 8.15. The number of nitrogens with zero attached hydrogens (tertiary/aromatic N) is 1. The van der Waals surface area contributed by atoms with Crippen LogP contribution in [0, 0.1) is 6.92 Å². The molecule has 24 heavy (non-hydrogen) atoms. The lowest BCUT2D eigenvalue weighted by atomic mass is 10.1. The largest absolute Gasteiger partial charge is 0.508 e. The van der Waals surface area contributed by atoms with Gasteiger partial charge in [0.1, 0.15) is 5.75 Å². The highest BCUT2D eigenvalue weighted by Crippen LogP contribution is 2.33. The molecule has 0 aliphatic heterocycles. The molecule has 3 aromatic carbocycles. The molecule has 0 fully saturated rings. The molecule has 1 aromatic heterocycles. The minimum Gasteiger partial charge on any atom is -0.508 e. The van der Waals surface area contributed by atoms with E-state index in [1.165, 1.54) is 33.3 Å². The zero-order chi connectivity index (χ0) is 16.5. The highest BCUT2D eigenvalue weighted by atomic mass is 16.3. The molecular formula is C22H19NO. The summed E-state index contributed by atoms with van der Waals surface area (Å²) in [4.78, 5) is 0. The minimum absolute atomic E-state index is 0.301. The van der Waals surface area contributed by atoms with Crippen molar-refractivity contribution >= 4 is 10.9 Å². The number of hydrogen-bond acceptors (Lipinski definition) is 1. The zero-order valence-corrected chi connectivity index (χ0v) is 13.6. The summed E-state index contributed by atoms with van der Waals surface area (Å²) in [5, 5.41) is 10.8. The standard InChI is InChI=1S/C22H19NO/c1-16-20-9-5-6-10-21(20)23(15-17-11-13-19(24)14-12-17)22(16)18-7-3-2-4-8-18/h2-14,24H,15H2,1H3. The maximum absolute atomic E-state index is 9.52. The van der Waals surface area contributed by atoms with E-state index in [0.717, 1.165) is 6.54 Å². The van der Waals surface area contributed by atoms with Crippen LogP contribution in [-0.4, -0.2) is 9.67 Å². The predicted octanol–water partition coefficient (Wildman–Crippen LogP) is 5.37. The first-order chi connectivity index (χ1) is 11.7. The number of rotatable bonds is 3. The van der Waals surface area contributed by atoms with Crippen molar-refractivity contribution in [2.45, 2.75) is 13.5 Å². The Hall–Kier alpha value is -3.00. The average Bonchev–Trinajstić information content (AvgIpc) is 2.90. The summed E-state index contributed by atoms with van der Waals surface area (Å²) in [5.41, 5.74) is 6.19. The monoisotopic (exact) mass is 313 g/mol. The Morgan fingerprint density at radius 2 is 1.46 bits per heavy atom. The van der Waals surface area contributed by atoms with E-state index in [-0.39, 0.29) is 0 Å². The summed E-state index contributed by atoms with van der Waals surface area (Å²) < 4.78 is 2.37. The van der Waals surface area contributed by atoms with E-state index in [1.807, 2.05) is 18.2 Å². The van der Waals surface area contributed by atoms with Gasteiger partial charge in [0.25, 0.3) is 0 Å². The van der Waals surface area contributed by atoms with Crippen molar-refractivity contribution in [1.82, 2.24) is 4.57 Å². The van der Waals surface area contributed by atoms with Crippen LogP contribution >= 0.6 is 0 Å². The second kappa shape index (κ2) is 5.89. The van der Waals surface area contributed by atoms with Crippen molar-refractivity contribution in [3.05, 3.63) is 90.0 Å². The Morgan fingerprint density at radius 3 is 2.21 bits per heavy atom. The lowest BCUT2D eigenvalue weighted by Gasteiger charge is -2.12. The molecule has 0 unspecified atom stereocenters. The van der Waals surface area contributed by atoms with Gasteiger partial charge in [-0.25, -0.2) is 0 Å². The molecule has 0 aliphatic rings. The topological polar surface area (TPSA) is 25.2 Å². The van der Waals surface area contributed by atoms with Crippen LogP contribution in [0.2, 0.25) is 0 Å². The van der Waals surface area contributed by atoms with Gasteiger partial charge >= 0.3 is 0 Å². The Labute approximate surface area is 141 Å². The molecule has 0 amide bonds. The number of aromatic hydroxyl groups is 1. The fraction of sp³-hybridized carbons (Fsp3) is 0.0909. The van der Waals surface area contributed by atoms with Crippen LogP contribution < -0.4 is 0 Å². The minimum atomic E-state index is 0.301. The summed E-state index contributed by atoms with van der Waals surface area (Å²) in [6.07, 6.45) is 0. The zero-order valence-electron chi connectivity index (χ0n) is 13.6. The van der Waals surface area contributed by atoms with E-state index in [4.69, 9.17) is 0 Å². The lowest BCUT2D eigenvalue weighted by molar-refractivity contribution is 0.475. The summed E-state index contributed by atoms with van der Waals surface area (Å²) in [6, 6.07) is 26.5. The number of phenols is 1. The summed E-state index contributed by atoms with van der Waals surface area (Å²) in [7, 11) is 0. The average molecular weight is 313 g/mol. The summed E-state index contributed by atoms with van der Waals surface area (Å²) in [5.74, 6) is 0.301. The van der Waals surface area contributed by atoms with Gasteiger partial charge in [-0.15, -0.1) is 0 Å². The molecule has 0 bridgehead atoms. The smallest absolute Gasteiger partial charge is 0.115 e. The van der Waals surface area contributed by atoms with Crippen molar-refractivity contribution in [2.24, 2.45) is 0 Å². The third kappa shape index (κ3) is 2.46. The van der Waals surface area contributed by atoms with Crippen molar-refractivity contribution < 1.29 is 5.11 Å². The fourth-order valence-electron chi connectivity index (χ4n) is 3.39. The lowest BCUT2D eigenvalue weighted by Crippen LogP contribution is -2.02. The Morgan fingerprint density at radius 1 is 0.792 bits per heavy atom. The van der Waals surface area contributed by atoms with Gasteiger partial charge in [-0.1, -0.05) is 60.7 Å². The number of phenolic OH excluding ortho intramolecular Hbond substituents is 1. The maximum Gasteiger partial charge on any atom is 0.115 e. The molecule has 4 rings (SSSR count). The van der Waals surface area contributed by atoms with Crippen LogP contribution in [0.5, 0.6) is 5.75 Å². The summed E-state index contributed by atoms with van der Waals surface area (Å²) in [6.45, 7) is 2.97. The van der Waals surface area contributed by atoms with E-state index < -0.39 is 0 Å². The van der Waals surface area contributed by atoms with E-state index in [2.05, 4.69) is 60.0 Å². The van der Waals surface area contributed by atoms with E-state index in [1.54, 1.807) is 12.1 Å². The van der Waals surface area contributed by atoms with E-state index in [0.29, 0.717) is 5.75 Å². The molecule has 2 heteroatoms. The van der Waals surface area contributed by atoms with Crippen LogP contribution in [-0.2, 0) is 6.54 Å². The van der Waals surface area contributed by atoms with Crippen LogP contribution in [0.25, 0.3) is 22.2 Å². The van der Waals surface area contributed by atoms with Crippen LogP contribution in [0.3, 0.4) is 0 Å². The molecule has 0 saturated carbocycles. The number of benzene rings is 3. The van der Waals surface area contributed by atoms with Gasteiger partial charge in [-0.3, -0.25) is 0 Å². The number of aromatic nitrogens is 1. The Bertz CT molecular complexity index is 982. The highest BCUT2D eigenvalue weighted by Gasteiger charge is 2.15. The Kier molecular flexibility index (Phi) is 3.58.